The van der Waals surface area contributed by atoms with Crippen molar-refractivity contribution < 1.29 is 14.5 Å². The van der Waals surface area contributed by atoms with Gasteiger partial charge in [-0.2, -0.15) is 5.10 Å². The molecule has 1 aromatic heterocycles. The zero-order valence-corrected chi connectivity index (χ0v) is 16.1. The summed E-state index contributed by atoms with van der Waals surface area (Å²) in [4.78, 5) is 25.1. The van der Waals surface area contributed by atoms with Crippen molar-refractivity contribution in [3.63, 3.8) is 0 Å². The number of methoxy groups -OCH3 is 1. The molecule has 146 valence electrons. The predicted octanol–water partition coefficient (Wildman–Crippen LogP) is 2.72. The Morgan fingerprint density at radius 1 is 1.37 bits per heavy atom. The average Bonchev–Trinajstić information content (AvgIpc) is 2.89. The van der Waals surface area contributed by atoms with Gasteiger partial charge in [0, 0.05) is 6.54 Å². The molecule has 0 aliphatic rings. The third-order valence-corrected chi connectivity index (χ3v) is 4.15. The van der Waals surface area contributed by atoms with E-state index in [1.807, 2.05) is 24.0 Å². The van der Waals surface area contributed by atoms with E-state index in [1.165, 1.54) is 0 Å². The van der Waals surface area contributed by atoms with Crippen LogP contribution in [0.3, 0.4) is 0 Å². The van der Waals surface area contributed by atoms with Crippen LogP contribution in [-0.4, -0.2) is 45.7 Å². The van der Waals surface area contributed by atoms with Gasteiger partial charge in [0.15, 0.2) is 0 Å². The molecule has 1 aromatic carbocycles. The Morgan fingerprint density at radius 3 is 2.67 bits per heavy atom. The number of ether oxygens (including phenoxy) is 1. The van der Waals surface area contributed by atoms with E-state index in [4.69, 9.17) is 4.74 Å². The van der Waals surface area contributed by atoms with Crippen molar-refractivity contribution >= 4 is 17.3 Å². The Balaban J connectivity index is 2.10. The number of nitrogens with zero attached hydrogens (tertiary/aromatic N) is 4. The monoisotopic (exact) mass is 375 g/mol. The molecule has 0 atom stereocenters. The molecule has 0 saturated heterocycles. The summed E-state index contributed by atoms with van der Waals surface area (Å²) in [7, 11) is 1.55. The number of benzene rings is 1. The average molecular weight is 375 g/mol. The number of rotatable bonds is 9. The first-order chi connectivity index (χ1) is 12.9. The molecule has 0 saturated carbocycles. The molecule has 2 rings (SSSR count). The second-order valence-corrected chi connectivity index (χ2v) is 6.22. The Labute approximate surface area is 158 Å². The summed E-state index contributed by atoms with van der Waals surface area (Å²) in [5.74, 6) is 0.394. The Morgan fingerprint density at radius 2 is 2.07 bits per heavy atom. The van der Waals surface area contributed by atoms with Gasteiger partial charge in [-0.05, 0) is 32.4 Å². The summed E-state index contributed by atoms with van der Waals surface area (Å²) in [6.07, 6.45) is 0.837. The lowest BCUT2D eigenvalue weighted by Gasteiger charge is -2.22. The van der Waals surface area contributed by atoms with E-state index in [9.17, 15) is 14.9 Å². The number of aryl methyl sites for hydroxylation is 1. The summed E-state index contributed by atoms with van der Waals surface area (Å²) >= 11 is 0. The zero-order chi connectivity index (χ0) is 20.0. The molecular weight excluding hydrogens is 350 g/mol. The number of carbonyl (C=O) groups is 1. The van der Waals surface area contributed by atoms with Crippen LogP contribution in [0.2, 0.25) is 0 Å². The van der Waals surface area contributed by atoms with Crippen molar-refractivity contribution in [1.82, 2.24) is 14.7 Å². The molecule has 0 unspecified atom stereocenters. The first-order valence-electron chi connectivity index (χ1n) is 8.71. The van der Waals surface area contributed by atoms with Crippen LogP contribution in [0, 0.1) is 24.0 Å². The third-order valence-electron chi connectivity index (χ3n) is 4.15. The molecule has 0 aliphatic carbocycles. The van der Waals surface area contributed by atoms with Crippen molar-refractivity contribution in [3.8, 4) is 5.75 Å². The Kier molecular flexibility index (Phi) is 6.89. The molecule has 9 nitrogen and oxygen atoms in total. The second-order valence-electron chi connectivity index (χ2n) is 6.22. The lowest BCUT2D eigenvalue weighted by Crippen LogP contribution is -2.36. The van der Waals surface area contributed by atoms with Crippen LogP contribution in [0.15, 0.2) is 24.3 Å². The Bertz CT molecular complexity index is 818. The molecule has 0 radical (unpaired) electrons. The summed E-state index contributed by atoms with van der Waals surface area (Å²) in [6, 6.07) is 7.18. The second kappa shape index (κ2) is 9.13. The Hall–Kier alpha value is -2.94. The minimum atomic E-state index is -0.424. The smallest absolute Gasteiger partial charge is 0.312 e. The molecule has 0 aliphatic heterocycles. The molecule has 27 heavy (non-hydrogen) atoms. The topological polar surface area (TPSA) is 103 Å². The van der Waals surface area contributed by atoms with Crippen LogP contribution >= 0.6 is 0 Å². The van der Waals surface area contributed by atoms with Gasteiger partial charge in [-0.15, -0.1) is 0 Å². The number of para-hydroxylation sites is 2. The number of carbonyl (C=O) groups excluding carboxylic acids is 1. The first-order valence-corrected chi connectivity index (χ1v) is 8.71. The van der Waals surface area contributed by atoms with E-state index >= 15 is 0 Å². The van der Waals surface area contributed by atoms with Gasteiger partial charge in [0.05, 0.1) is 30.9 Å². The van der Waals surface area contributed by atoms with Crippen molar-refractivity contribution in [2.24, 2.45) is 0 Å². The van der Waals surface area contributed by atoms with Gasteiger partial charge in [-0.3, -0.25) is 19.8 Å². The fourth-order valence-electron chi connectivity index (χ4n) is 2.94. The van der Waals surface area contributed by atoms with Gasteiger partial charge in [0.1, 0.15) is 17.1 Å². The number of amides is 1. The van der Waals surface area contributed by atoms with E-state index in [1.54, 1.807) is 37.8 Å². The van der Waals surface area contributed by atoms with Gasteiger partial charge in [-0.25, -0.2) is 4.68 Å². The molecule has 1 heterocycles. The summed E-state index contributed by atoms with van der Waals surface area (Å²) in [5, 5.41) is 18.3. The summed E-state index contributed by atoms with van der Waals surface area (Å²) < 4.78 is 6.81. The van der Waals surface area contributed by atoms with Crippen LogP contribution in [0.1, 0.15) is 24.7 Å². The molecular formula is C18H25N5O4. The quantitative estimate of drug-likeness (QED) is 0.534. The molecule has 1 amide bonds. The SMILES string of the molecule is CCCN(CC(=O)Nc1ccccc1OC)Cn1nc(C)c([N+](=O)[O-])c1C. The van der Waals surface area contributed by atoms with Gasteiger partial charge in [-0.1, -0.05) is 19.1 Å². The third kappa shape index (κ3) is 5.04. The van der Waals surface area contributed by atoms with Gasteiger partial charge in [0.25, 0.3) is 0 Å². The normalized spacial score (nSPS) is 10.9. The van der Waals surface area contributed by atoms with E-state index in [0.29, 0.717) is 36.0 Å². The first kappa shape index (κ1) is 20.4. The van der Waals surface area contributed by atoms with Crippen LogP contribution in [-0.2, 0) is 11.5 Å². The highest BCUT2D eigenvalue weighted by atomic mass is 16.6. The molecule has 1 N–H and O–H groups in total. The van der Waals surface area contributed by atoms with Crippen LogP contribution in [0.5, 0.6) is 5.75 Å². The van der Waals surface area contributed by atoms with E-state index in [2.05, 4.69) is 10.4 Å². The van der Waals surface area contributed by atoms with Gasteiger partial charge < -0.3 is 10.1 Å². The molecule has 0 bridgehead atoms. The predicted molar refractivity (Wildman–Crippen MR) is 102 cm³/mol. The number of nitrogens with one attached hydrogen (secondary N) is 1. The van der Waals surface area contributed by atoms with Crippen molar-refractivity contribution in [2.75, 3.05) is 25.5 Å². The van der Waals surface area contributed by atoms with E-state index in [0.717, 1.165) is 6.42 Å². The maximum atomic E-state index is 12.5. The van der Waals surface area contributed by atoms with Crippen LogP contribution in [0.25, 0.3) is 0 Å². The van der Waals surface area contributed by atoms with E-state index in [-0.39, 0.29) is 18.1 Å². The number of nitro groups is 1. The number of hydrogen-bond acceptors (Lipinski definition) is 6. The lowest BCUT2D eigenvalue weighted by molar-refractivity contribution is -0.386. The van der Waals surface area contributed by atoms with Crippen molar-refractivity contribution in [1.29, 1.82) is 0 Å². The zero-order valence-electron chi connectivity index (χ0n) is 16.1. The highest BCUT2D eigenvalue weighted by molar-refractivity contribution is 5.93. The molecule has 9 heteroatoms. The number of aromatic nitrogens is 2. The largest absolute Gasteiger partial charge is 0.495 e. The molecule has 0 spiro atoms. The fraction of sp³-hybridized carbons (Fsp3) is 0.444. The maximum Gasteiger partial charge on any atom is 0.312 e. The fourth-order valence-corrected chi connectivity index (χ4v) is 2.94. The van der Waals surface area contributed by atoms with Crippen LogP contribution in [0.4, 0.5) is 11.4 Å². The van der Waals surface area contributed by atoms with Crippen molar-refractivity contribution in [2.45, 2.75) is 33.9 Å². The maximum absolute atomic E-state index is 12.5. The van der Waals surface area contributed by atoms with Gasteiger partial charge >= 0.3 is 5.69 Å². The van der Waals surface area contributed by atoms with E-state index < -0.39 is 4.92 Å². The van der Waals surface area contributed by atoms with Crippen LogP contribution < -0.4 is 10.1 Å². The lowest BCUT2D eigenvalue weighted by atomic mass is 10.3. The number of hydrogen-bond donors (Lipinski definition) is 1. The molecule has 0 fully saturated rings. The minimum Gasteiger partial charge on any atom is -0.495 e. The highest BCUT2D eigenvalue weighted by Crippen LogP contribution is 2.23. The minimum absolute atomic E-state index is 0.0184. The van der Waals surface area contributed by atoms with Gasteiger partial charge in [0.2, 0.25) is 5.91 Å². The molecule has 2 aromatic rings. The summed E-state index contributed by atoms with van der Waals surface area (Å²) in [6.45, 7) is 6.38. The van der Waals surface area contributed by atoms with Crippen molar-refractivity contribution in [3.05, 3.63) is 45.8 Å². The summed E-state index contributed by atoms with van der Waals surface area (Å²) in [5.41, 5.74) is 1.46. The highest BCUT2D eigenvalue weighted by Gasteiger charge is 2.23. The number of anilines is 1. The standard InChI is InChI=1S/C18H25N5O4/c1-5-10-21(12-22-14(3)18(23(25)26)13(2)20-22)11-17(24)19-15-8-6-7-9-16(15)27-4/h6-9H,5,10-12H2,1-4H3,(H,19,24).